The van der Waals surface area contributed by atoms with E-state index in [-0.39, 0.29) is 5.41 Å². The Morgan fingerprint density at radius 2 is 2.00 bits per heavy atom. The Kier molecular flexibility index (Phi) is 6.11. The number of carbonyl (C=O) groups is 1. The average molecular weight is 250 g/mol. The molecular weight excluding hydrogens is 220 g/mol. The molecule has 0 aromatic heterocycles. The molecule has 0 bridgehead atoms. The van der Waals surface area contributed by atoms with Crippen molar-refractivity contribution in [1.29, 1.82) is 0 Å². The van der Waals surface area contributed by atoms with Gasteiger partial charge in [-0.25, -0.2) is 0 Å². The van der Waals surface area contributed by atoms with Gasteiger partial charge in [-0.1, -0.05) is 39.7 Å². The van der Waals surface area contributed by atoms with E-state index in [2.05, 4.69) is 27.4 Å². The summed E-state index contributed by atoms with van der Waals surface area (Å²) < 4.78 is 0. The quantitative estimate of drug-likeness (QED) is 0.451. The SMILES string of the molecule is C=CCCCCCC(C)(C)C1CCC(C)CC1=O. The van der Waals surface area contributed by atoms with Gasteiger partial charge in [-0.05, 0) is 43.4 Å². The van der Waals surface area contributed by atoms with Crippen LogP contribution in [0.2, 0.25) is 0 Å². The van der Waals surface area contributed by atoms with Crippen molar-refractivity contribution >= 4 is 5.78 Å². The fourth-order valence-electron chi connectivity index (χ4n) is 3.25. The number of unbranched alkanes of at least 4 members (excludes halogenated alkanes) is 3. The smallest absolute Gasteiger partial charge is 0.136 e. The number of hydrogen-bond acceptors (Lipinski definition) is 1. The second-order valence-corrected chi connectivity index (χ2v) is 6.78. The molecule has 1 saturated carbocycles. The zero-order valence-corrected chi connectivity index (χ0v) is 12.5. The first kappa shape index (κ1) is 15.5. The van der Waals surface area contributed by atoms with Gasteiger partial charge in [0.25, 0.3) is 0 Å². The molecule has 0 radical (unpaired) electrons. The summed E-state index contributed by atoms with van der Waals surface area (Å²) >= 11 is 0. The normalized spacial score (nSPS) is 25.2. The molecule has 0 aromatic carbocycles. The highest BCUT2D eigenvalue weighted by atomic mass is 16.1. The molecule has 104 valence electrons. The Balaban J connectivity index is 2.37. The molecule has 0 saturated heterocycles. The number of ketones is 1. The highest BCUT2D eigenvalue weighted by Gasteiger charge is 2.37. The highest BCUT2D eigenvalue weighted by Crippen LogP contribution is 2.41. The second-order valence-electron chi connectivity index (χ2n) is 6.78. The molecule has 1 rings (SSSR count). The predicted octanol–water partition coefficient (Wildman–Crippen LogP) is 5.15. The Morgan fingerprint density at radius 1 is 1.28 bits per heavy atom. The Labute approximate surface area is 113 Å². The van der Waals surface area contributed by atoms with Crippen molar-refractivity contribution in [3.05, 3.63) is 12.7 Å². The number of Topliss-reactive ketones (excluding diaryl/α,β-unsaturated/α-hetero) is 1. The van der Waals surface area contributed by atoms with Crippen LogP contribution in [0.5, 0.6) is 0 Å². The second kappa shape index (κ2) is 7.11. The van der Waals surface area contributed by atoms with Gasteiger partial charge in [0, 0.05) is 12.3 Å². The summed E-state index contributed by atoms with van der Waals surface area (Å²) in [5, 5.41) is 0. The number of hydrogen-bond donors (Lipinski definition) is 0. The number of rotatable bonds is 7. The Morgan fingerprint density at radius 3 is 2.61 bits per heavy atom. The van der Waals surface area contributed by atoms with E-state index in [0.717, 1.165) is 19.3 Å². The van der Waals surface area contributed by atoms with E-state index in [4.69, 9.17) is 0 Å². The summed E-state index contributed by atoms with van der Waals surface area (Å²) in [5.41, 5.74) is 0.200. The van der Waals surface area contributed by atoms with Crippen molar-refractivity contribution in [2.75, 3.05) is 0 Å². The molecule has 0 spiro atoms. The first-order chi connectivity index (χ1) is 8.47. The molecule has 2 atom stereocenters. The predicted molar refractivity (Wildman–Crippen MR) is 78.6 cm³/mol. The molecule has 1 heteroatoms. The third-order valence-electron chi connectivity index (χ3n) is 4.56. The molecule has 1 aliphatic carbocycles. The Hall–Kier alpha value is -0.590. The van der Waals surface area contributed by atoms with Gasteiger partial charge in [0.15, 0.2) is 0 Å². The van der Waals surface area contributed by atoms with Crippen LogP contribution >= 0.6 is 0 Å². The van der Waals surface area contributed by atoms with E-state index in [9.17, 15) is 4.79 Å². The first-order valence-corrected chi connectivity index (χ1v) is 7.61. The van der Waals surface area contributed by atoms with Crippen LogP contribution in [-0.4, -0.2) is 5.78 Å². The maximum Gasteiger partial charge on any atom is 0.136 e. The van der Waals surface area contributed by atoms with E-state index in [0.29, 0.717) is 17.6 Å². The summed E-state index contributed by atoms with van der Waals surface area (Å²) in [4.78, 5) is 12.2. The molecule has 1 nitrogen and oxygen atoms in total. The minimum atomic E-state index is 0.200. The van der Waals surface area contributed by atoms with Crippen molar-refractivity contribution < 1.29 is 4.79 Å². The maximum absolute atomic E-state index is 12.2. The highest BCUT2D eigenvalue weighted by molar-refractivity contribution is 5.82. The molecule has 0 amide bonds. The molecule has 1 fully saturated rings. The molecule has 0 aromatic rings. The summed E-state index contributed by atoms with van der Waals surface area (Å²) in [7, 11) is 0. The first-order valence-electron chi connectivity index (χ1n) is 7.61. The van der Waals surface area contributed by atoms with E-state index < -0.39 is 0 Å². The molecule has 2 unspecified atom stereocenters. The van der Waals surface area contributed by atoms with E-state index in [1.54, 1.807) is 0 Å². The molecule has 1 aliphatic rings. The lowest BCUT2D eigenvalue weighted by atomic mass is 9.66. The monoisotopic (exact) mass is 250 g/mol. The fourth-order valence-corrected chi connectivity index (χ4v) is 3.25. The maximum atomic E-state index is 12.2. The summed E-state index contributed by atoms with van der Waals surface area (Å²) in [5.74, 6) is 1.44. The molecule has 0 aliphatic heterocycles. The molecular formula is C17H30O. The van der Waals surface area contributed by atoms with Crippen molar-refractivity contribution in [3.8, 4) is 0 Å². The van der Waals surface area contributed by atoms with Crippen LogP contribution in [0, 0.1) is 17.3 Å². The van der Waals surface area contributed by atoms with Crippen LogP contribution in [0.15, 0.2) is 12.7 Å². The minimum Gasteiger partial charge on any atom is -0.299 e. The van der Waals surface area contributed by atoms with Crippen LogP contribution in [0.3, 0.4) is 0 Å². The van der Waals surface area contributed by atoms with Crippen LogP contribution in [0.4, 0.5) is 0 Å². The fraction of sp³-hybridized carbons (Fsp3) is 0.824. The summed E-state index contributed by atoms with van der Waals surface area (Å²) in [6.07, 6.45) is 11.2. The van der Waals surface area contributed by atoms with E-state index in [1.807, 2.05) is 6.08 Å². The molecule has 0 N–H and O–H groups in total. The van der Waals surface area contributed by atoms with E-state index >= 15 is 0 Å². The van der Waals surface area contributed by atoms with Gasteiger partial charge in [-0.15, -0.1) is 6.58 Å². The van der Waals surface area contributed by atoms with Gasteiger partial charge in [-0.2, -0.15) is 0 Å². The van der Waals surface area contributed by atoms with Crippen molar-refractivity contribution in [2.24, 2.45) is 17.3 Å². The van der Waals surface area contributed by atoms with Gasteiger partial charge in [0.1, 0.15) is 5.78 Å². The topological polar surface area (TPSA) is 17.1 Å². The van der Waals surface area contributed by atoms with Crippen LogP contribution in [-0.2, 0) is 4.79 Å². The van der Waals surface area contributed by atoms with E-state index in [1.165, 1.54) is 32.1 Å². The average Bonchev–Trinajstić information content (AvgIpc) is 2.28. The number of carbonyl (C=O) groups excluding carboxylic acids is 1. The van der Waals surface area contributed by atoms with Crippen molar-refractivity contribution in [2.45, 2.75) is 72.1 Å². The zero-order valence-electron chi connectivity index (χ0n) is 12.5. The summed E-state index contributed by atoms with van der Waals surface area (Å²) in [6.45, 7) is 10.5. The summed E-state index contributed by atoms with van der Waals surface area (Å²) in [6, 6.07) is 0. The molecule has 18 heavy (non-hydrogen) atoms. The third-order valence-corrected chi connectivity index (χ3v) is 4.56. The molecule has 0 heterocycles. The number of allylic oxidation sites excluding steroid dienone is 1. The van der Waals surface area contributed by atoms with Crippen LogP contribution in [0.25, 0.3) is 0 Å². The van der Waals surface area contributed by atoms with Crippen LogP contribution in [0.1, 0.15) is 72.1 Å². The van der Waals surface area contributed by atoms with Gasteiger partial charge >= 0.3 is 0 Å². The third kappa shape index (κ3) is 4.59. The standard InChI is InChI=1S/C17H30O/c1-5-6-7-8-9-12-17(3,4)15-11-10-14(2)13-16(15)18/h5,14-15H,1,6-13H2,2-4H3. The minimum absolute atomic E-state index is 0.200. The van der Waals surface area contributed by atoms with Crippen molar-refractivity contribution in [3.63, 3.8) is 0 Å². The lowest BCUT2D eigenvalue weighted by Crippen LogP contribution is -2.35. The van der Waals surface area contributed by atoms with Crippen molar-refractivity contribution in [1.82, 2.24) is 0 Å². The zero-order chi connectivity index (χ0) is 13.6. The Bertz CT molecular complexity index is 277. The van der Waals surface area contributed by atoms with Crippen LogP contribution < -0.4 is 0 Å². The van der Waals surface area contributed by atoms with Gasteiger partial charge in [-0.3, -0.25) is 4.79 Å². The largest absolute Gasteiger partial charge is 0.299 e. The van der Waals surface area contributed by atoms with Gasteiger partial charge in [0.05, 0.1) is 0 Å². The lowest BCUT2D eigenvalue weighted by molar-refractivity contribution is -0.130. The lowest BCUT2D eigenvalue weighted by Gasteiger charge is -2.37. The van der Waals surface area contributed by atoms with Gasteiger partial charge in [0.2, 0.25) is 0 Å². The van der Waals surface area contributed by atoms with Gasteiger partial charge < -0.3 is 0 Å².